The van der Waals surface area contributed by atoms with Crippen molar-refractivity contribution in [2.75, 3.05) is 0 Å². The highest BCUT2D eigenvalue weighted by Crippen LogP contribution is 2.31. The number of benzene rings is 2. The average Bonchev–Trinajstić information content (AvgIpc) is 3.12. The van der Waals surface area contributed by atoms with E-state index in [1.165, 1.54) is 18.2 Å². The van der Waals surface area contributed by atoms with Crippen LogP contribution in [-0.4, -0.2) is 32.3 Å². The Morgan fingerprint density at radius 3 is 2.47 bits per heavy atom. The molecule has 0 aliphatic rings. The number of halogens is 1. The second-order valence-electron chi connectivity index (χ2n) is 5.98. The predicted octanol–water partition coefficient (Wildman–Crippen LogP) is 4.64. The lowest BCUT2D eigenvalue weighted by Crippen LogP contribution is -1.99. The van der Waals surface area contributed by atoms with Crippen molar-refractivity contribution in [1.29, 1.82) is 0 Å². The van der Waals surface area contributed by atoms with Crippen LogP contribution in [0.4, 0.5) is 0 Å². The van der Waals surface area contributed by atoms with Gasteiger partial charge in [-0.05, 0) is 69.2 Å². The quantitative estimate of drug-likeness (QED) is 0.343. The summed E-state index contributed by atoms with van der Waals surface area (Å²) in [7, 11) is 0. The Morgan fingerprint density at radius 2 is 1.90 bits per heavy atom. The molecule has 0 radical (unpaired) electrons. The van der Waals surface area contributed by atoms with Gasteiger partial charge in [-0.25, -0.2) is 9.59 Å². The number of carboxylic acid groups (broad SMARTS) is 2. The molecule has 0 atom stereocenters. The van der Waals surface area contributed by atoms with Crippen LogP contribution in [0.3, 0.4) is 0 Å². The number of nitrogens with zero attached hydrogens (tertiary/aromatic N) is 2. The van der Waals surface area contributed by atoms with Gasteiger partial charge in [-0.2, -0.15) is 0 Å². The van der Waals surface area contributed by atoms with Gasteiger partial charge in [0.25, 0.3) is 5.22 Å². The molecule has 2 N–H and O–H groups in total. The van der Waals surface area contributed by atoms with Crippen LogP contribution in [0.1, 0.15) is 27.4 Å². The zero-order valence-electron chi connectivity index (χ0n) is 15.5. The number of rotatable bonds is 8. The Kier molecular flexibility index (Phi) is 6.91. The van der Waals surface area contributed by atoms with E-state index < -0.39 is 11.9 Å². The molecule has 10 heteroatoms. The van der Waals surface area contributed by atoms with E-state index in [4.69, 9.17) is 14.3 Å². The fraction of sp³-hybridized carbons (Fsp3) is 0.100. The first kappa shape index (κ1) is 21.6. The highest BCUT2D eigenvalue weighted by atomic mass is 79.9. The molecule has 0 spiro atoms. The summed E-state index contributed by atoms with van der Waals surface area (Å²) >= 11 is 4.29. The first-order chi connectivity index (χ1) is 14.3. The molecule has 0 saturated carbocycles. The minimum absolute atomic E-state index is 0.0257. The molecule has 0 fully saturated rings. The van der Waals surface area contributed by atoms with E-state index in [0.29, 0.717) is 21.7 Å². The van der Waals surface area contributed by atoms with Crippen LogP contribution in [0.15, 0.2) is 61.5 Å². The van der Waals surface area contributed by atoms with Crippen molar-refractivity contribution in [3.8, 4) is 5.75 Å². The number of aromatic carboxylic acids is 1. The largest absolute Gasteiger partial charge is 0.488 e. The monoisotopic (exact) mass is 490 g/mol. The first-order valence-corrected chi connectivity index (χ1v) is 10.1. The van der Waals surface area contributed by atoms with Crippen molar-refractivity contribution < 1.29 is 29.0 Å². The van der Waals surface area contributed by atoms with E-state index in [1.807, 2.05) is 0 Å². The van der Waals surface area contributed by atoms with E-state index in [1.54, 1.807) is 37.3 Å². The zero-order chi connectivity index (χ0) is 21.7. The number of aromatic nitrogens is 2. The molecule has 0 aliphatic heterocycles. The van der Waals surface area contributed by atoms with Crippen LogP contribution in [0.2, 0.25) is 0 Å². The van der Waals surface area contributed by atoms with Gasteiger partial charge in [0.1, 0.15) is 17.3 Å². The summed E-state index contributed by atoms with van der Waals surface area (Å²) in [5.74, 6) is -1.19. The fourth-order valence-electron chi connectivity index (χ4n) is 2.33. The number of thioether (sulfide) groups is 1. The zero-order valence-corrected chi connectivity index (χ0v) is 17.9. The van der Waals surface area contributed by atoms with Gasteiger partial charge in [-0.1, -0.05) is 18.2 Å². The fourth-order valence-corrected chi connectivity index (χ4v) is 3.55. The molecule has 0 saturated heterocycles. The third-order valence-electron chi connectivity index (χ3n) is 3.76. The Labute approximate surface area is 183 Å². The standard InChI is InChI=1S/C20H15BrN2O6S/c1-11-22-23-20(29-11)30-17(19(26)27)9-13-4-7-16(15(21)8-13)28-10-12-2-5-14(6-3-12)18(24)25/h2-9H,10H2,1H3,(H,24,25)(H,26,27)/b17-9-. The Morgan fingerprint density at radius 1 is 1.17 bits per heavy atom. The van der Waals surface area contributed by atoms with Crippen LogP contribution in [-0.2, 0) is 11.4 Å². The summed E-state index contributed by atoms with van der Waals surface area (Å²) in [6, 6.07) is 11.6. The van der Waals surface area contributed by atoms with Crippen LogP contribution < -0.4 is 4.74 Å². The number of carbonyl (C=O) groups is 2. The molecular formula is C20H15BrN2O6S. The first-order valence-electron chi connectivity index (χ1n) is 8.49. The van der Waals surface area contributed by atoms with Gasteiger partial charge >= 0.3 is 11.9 Å². The normalized spacial score (nSPS) is 11.3. The summed E-state index contributed by atoms with van der Waals surface area (Å²) in [5, 5.41) is 26.0. The summed E-state index contributed by atoms with van der Waals surface area (Å²) in [4.78, 5) is 22.5. The van der Waals surface area contributed by atoms with Crippen molar-refractivity contribution in [2.24, 2.45) is 0 Å². The van der Waals surface area contributed by atoms with Crippen molar-refractivity contribution in [3.05, 3.63) is 74.4 Å². The third kappa shape index (κ3) is 5.71. The van der Waals surface area contributed by atoms with E-state index in [0.717, 1.165) is 17.3 Å². The highest BCUT2D eigenvalue weighted by molar-refractivity contribution is 9.10. The minimum Gasteiger partial charge on any atom is -0.488 e. The smallest absolute Gasteiger partial charge is 0.342 e. The second-order valence-corrected chi connectivity index (χ2v) is 7.83. The molecule has 0 unspecified atom stereocenters. The molecule has 154 valence electrons. The van der Waals surface area contributed by atoms with E-state index in [2.05, 4.69) is 26.1 Å². The molecule has 3 aromatic rings. The van der Waals surface area contributed by atoms with Crippen LogP contribution >= 0.6 is 27.7 Å². The Hall–Kier alpha value is -3.11. The van der Waals surface area contributed by atoms with Crippen LogP contribution in [0, 0.1) is 6.92 Å². The van der Waals surface area contributed by atoms with E-state index >= 15 is 0 Å². The van der Waals surface area contributed by atoms with Gasteiger partial charge in [0.05, 0.1) is 10.0 Å². The lowest BCUT2D eigenvalue weighted by atomic mass is 10.1. The summed E-state index contributed by atoms with van der Waals surface area (Å²) < 4.78 is 11.6. The van der Waals surface area contributed by atoms with Gasteiger partial charge in [0.15, 0.2) is 0 Å². The molecule has 1 heterocycles. The number of hydrogen-bond acceptors (Lipinski definition) is 7. The second kappa shape index (κ2) is 9.59. The van der Waals surface area contributed by atoms with Crippen molar-refractivity contribution in [1.82, 2.24) is 10.2 Å². The number of aliphatic carboxylic acids is 1. The van der Waals surface area contributed by atoms with Crippen molar-refractivity contribution >= 4 is 45.7 Å². The van der Waals surface area contributed by atoms with E-state index in [-0.39, 0.29) is 22.3 Å². The van der Waals surface area contributed by atoms with Gasteiger partial charge < -0.3 is 19.4 Å². The summed E-state index contributed by atoms with van der Waals surface area (Å²) in [6.45, 7) is 1.87. The Bertz CT molecular complexity index is 1110. The van der Waals surface area contributed by atoms with Crippen LogP contribution in [0.5, 0.6) is 5.75 Å². The third-order valence-corrected chi connectivity index (χ3v) is 5.24. The predicted molar refractivity (Wildman–Crippen MR) is 112 cm³/mol. The molecule has 1 aromatic heterocycles. The van der Waals surface area contributed by atoms with Crippen molar-refractivity contribution in [3.63, 3.8) is 0 Å². The van der Waals surface area contributed by atoms with E-state index in [9.17, 15) is 14.7 Å². The van der Waals surface area contributed by atoms with Gasteiger partial charge in [0.2, 0.25) is 5.89 Å². The summed E-state index contributed by atoms with van der Waals surface area (Å²) in [6.07, 6.45) is 1.49. The van der Waals surface area contributed by atoms with Gasteiger partial charge in [-0.3, -0.25) is 0 Å². The molecule has 30 heavy (non-hydrogen) atoms. The molecular weight excluding hydrogens is 476 g/mol. The molecule has 3 rings (SSSR count). The maximum Gasteiger partial charge on any atom is 0.342 e. The van der Waals surface area contributed by atoms with Crippen LogP contribution in [0.25, 0.3) is 6.08 Å². The topological polar surface area (TPSA) is 123 Å². The maximum atomic E-state index is 11.5. The number of carboxylic acids is 2. The minimum atomic E-state index is -1.11. The summed E-state index contributed by atoms with van der Waals surface area (Å²) in [5.41, 5.74) is 1.66. The molecule has 2 aromatic carbocycles. The number of aryl methyl sites for hydroxylation is 1. The molecule has 0 aliphatic carbocycles. The van der Waals surface area contributed by atoms with Crippen molar-refractivity contribution in [2.45, 2.75) is 18.8 Å². The maximum absolute atomic E-state index is 11.5. The number of hydrogen-bond donors (Lipinski definition) is 2. The average molecular weight is 491 g/mol. The number of ether oxygens (including phenoxy) is 1. The SMILES string of the molecule is Cc1nnc(S/C(=C\c2ccc(OCc3ccc(C(=O)O)cc3)c(Br)c2)C(=O)O)o1. The molecule has 8 nitrogen and oxygen atoms in total. The lowest BCUT2D eigenvalue weighted by Gasteiger charge is -2.09. The Balaban J connectivity index is 1.70. The van der Waals surface area contributed by atoms with Gasteiger partial charge in [0, 0.05) is 6.92 Å². The van der Waals surface area contributed by atoms with Gasteiger partial charge in [-0.15, -0.1) is 10.2 Å². The highest BCUT2D eigenvalue weighted by Gasteiger charge is 2.15. The molecule has 0 bridgehead atoms. The molecule has 0 amide bonds. The lowest BCUT2D eigenvalue weighted by molar-refractivity contribution is -0.131.